The highest BCUT2D eigenvalue weighted by Gasteiger charge is 2.33. The van der Waals surface area contributed by atoms with Crippen LogP contribution in [0.3, 0.4) is 0 Å². The van der Waals surface area contributed by atoms with E-state index in [1.54, 1.807) is 33.0 Å². The van der Waals surface area contributed by atoms with Crippen molar-refractivity contribution in [3.63, 3.8) is 0 Å². The van der Waals surface area contributed by atoms with Gasteiger partial charge in [-0.3, -0.25) is 0 Å². The number of anilines is 1. The van der Waals surface area contributed by atoms with Crippen molar-refractivity contribution < 1.29 is 8.42 Å². The van der Waals surface area contributed by atoms with E-state index in [4.69, 9.17) is 0 Å². The Labute approximate surface area is 160 Å². The molecule has 27 heavy (non-hydrogen) atoms. The molecule has 2 aromatic rings. The lowest BCUT2D eigenvalue weighted by atomic mass is 9.95. The summed E-state index contributed by atoms with van der Waals surface area (Å²) in [6.45, 7) is 6.92. The van der Waals surface area contributed by atoms with E-state index in [1.807, 2.05) is 12.4 Å². The van der Waals surface area contributed by atoms with Crippen molar-refractivity contribution in [2.45, 2.75) is 68.2 Å². The van der Waals surface area contributed by atoms with Crippen LogP contribution in [0.2, 0.25) is 0 Å². The Morgan fingerprint density at radius 1 is 1.07 bits per heavy atom. The van der Waals surface area contributed by atoms with Gasteiger partial charge in [0.1, 0.15) is 12.2 Å². The zero-order chi connectivity index (χ0) is 19.2. The molecule has 0 radical (unpaired) electrons. The number of rotatable bonds is 4. The van der Waals surface area contributed by atoms with Crippen LogP contribution in [0.5, 0.6) is 0 Å². The summed E-state index contributed by atoms with van der Waals surface area (Å²) in [5, 5.41) is 8.64. The van der Waals surface area contributed by atoms with Crippen molar-refractivity contribution >= 4 is 15.5 Å². The molecule has 2 aliphatic rings. The summed E-state index contributed by atoms with van der Waals surface area (Å²) in [5.74, 6) is 1.57. The van der Waals surface area contributed by atoms with Gasteiger partial charge in [0.25, 0.3) is 0 Å². The Morgan fingerprint density at radius 3 is 2.33 bits per heavy atom. The van der Waals surface area contributed by atoms with Crippen LogP contribution in [0.25, 0.3) is 0 Å². The Morgan fingerprint density at radius 2 is 1.78 bits per heavy atom. The van der Waals surface area contributed by atoms with Crippen molar-refractivity contribution in [3.05, 3.63) is 30.5 Å². The maximum absolute atomic E-state index is 12.5. The van der Waals surface area contributed by atoms with Crippen molar-refractivity contribution in [2.24, 2.45) is 0 Å². The second-order valence-corrected chi connectivity index (χ2v) is 11.2. The minimum atomic E-state index is -3.42. The minimum absolute atomic E-state index is 0.145. The fourth-order valence-electron chi connectivity index (χ4n) is 3.61. The van der Waals surface area contributed by atoms with Crippen LogP contribution in [0.4, 0.5) is 5.69 Å². The third kappa shape index (κ3) is 3.47. The lowest BCUT2D eigenvalue weighted by Gasteiger charge is -2.33. The van der Waals surface area contributed by atoms with Gasteiger partial charge in [-0.1, -0.05) is 0 Å². The molecule has 0 atom stereocenters. The molecule has 0 unspecified atom stereocenters. The smallest absolute Gasteiger partial charge is 0.200 e. The number of piperidine rings is 1. The standard InChI is InChI=1S/C19H27N5O2S/c1-19(2,3)27(25,26)17-7-6-16(12-20-17)23-10-8-14(9-11-23)18-22-21-13-24(18)15-4-5-15/h6-7,12-15H,4-5,8-11H2,1-3H3. The molecule has 2 aromatic heterocycles. The van der Waals surface area contributed by atoms with Crippen LogP contribution in [0.15, 0.2) is 29.7 Å². The first-order chi connectivity index (χ1) is 12.8. The van der Waals surface area contributed by atoms with E-state index in [-0.39, 0.29) is 5.03 Å². The Balaban J connectivity index is 1.43. The number of hydrogen-bond acceptors (Lipinski definition) is 6. The molecule has 0 bridgehead atoms. The summed E-state index contributed by atoms with van der Waals surface area (Å²) < 4.78 is 26.4. The van der Waals surface area contributed by atoms with Gasteiger partial charge < -0.3 is 9.47 Å². The molecule has 1 aliphatic carbocycles. The molecule has 1 aliphatic heterocycles. The van der Waals surface area contributed by atoms with E-state index in [0.717, 1.165) is 37.4 Å². The minimum Gasteiger partial charge on any atom is -0.370 e. The van der Waals surface area contributed by atoms with Gasteiger partial charge in [0.05, 0.1) is 16.6 Å². The number of hydrogen-bond donors (Lipinski definition) is 0. The summed E-state index contributed by atoms with van der Waals surface area (Å²) in [5.41, 5.74) is 0.977. The van der Waals surface area contributed by atoms with Crippen molar-refractivity contribution in [1.82, 2.24) is 19.7 Å². The zero-order valence-corrected chi connectivity index (χ0v) is 17.0. The van der Waals surface area contributed by atoms with Gasteiger partial charge in [0.2, 0.25) is 0 Å². The Hall–Kier alpha value is -1.96. The number of aromatic nitrogens is 4. The molecule has 0 aromatic carbocycles. The van der Waals surface area contributed by atoms with E-state index in [1.165, 1.54) is 12.8 Å². The highest BCUT2D eigenvalue weighted by Crippen LogP contribution is 2.38. The molecule has 7 nitrogen and oxygen atoms in total. The normalized spacial score (nSPS) is 19.4. The quantitative estimate of drug-likeness (QED) is 0.800. The summed E-state index contributed by atoms with van der Waals surface area (Å²) >= 11 is 0. The first-order valence-corrected chi connectivity index (χ1v) is 11.1. The molecule has 0 N–H and O–H groups in total. The lowest BCUT2D eigenvalue weighted by molar-refractivity contribution is 0.465. The molecule has 0 spiro atoms. The van der Waals surface area contributed by atoms with Crippen LogP contribution in [0.1, 0.15) is 64.2 Å². The Kier molecular flexibility index (Phi) is 4.49. The van der Waals surface area contributed by atoms with Crippen LogP contribution in [-0.2, 0) is 9.84 Å². The second-order valence-electron chi connectivity index (χ2n) is 8.56. The van der Waals surface area contributed by atoms with Gasteiger partial charge in [-0.15, -0.1) is 10.2 Å². The summed E-state index contributed by atoms with van der Waals surface area (Å²) in [6, 6.07) is 4.11. The third-order valence-corrected chi connectivity index (χ3v) is 7.97. The fourth-order valence-corrected chi connectivity index (χ4v) is 4.67. The summed E-state index contributed by atoms with van der Waals surface area (Å²) in [6.07, 6.45) is 8.07. The van der Waals surface area contributed by atoms with E-state index in [9.17, 15) is 8.42 Å². The topological polar surface area (TPSA) is 81.0 Å². The summed E-state index contributed by atoms with van der Waals surface area (Å²) in [4.78, 5) is 6.52. The molecule has 3 heterocycles. The molecule has 0 amide bonds. The lowest BCUT2D eigenvalue weighted by Crippen LogP contribution is -2.34. The Bertz CT molecular complexity index is 902. The van der Waals surface area contributed by atoms with Crippen molar-refractivity contribution in [2.75, 3.05) is 18.0 Å². The van der Waals surface area contributed by atoms with Crippen LogP contribution >= 0.6 is 0 Å². The maximum atomic E-state index is 12.5. The largest absolute Gasteiger partial charge is 0.370 e. The predicted molar refractivity (Wildman–Crippen MR) is 104 cm³/mol. The zero-order valence-electron chi connectivity index (χ0n) is 16.2. The van der Waals surface area contributed by atoms with E-state index < -0.39 is 14.6 Å². The average molecular weight is 390 g/mol. The molecule has 1 saturated heterocycles. The van der Waals surface area contributed by atoms with Gasteiger partial charge in [-0.25, -0.2) is 13.4 Å². The molecule has 8 heteroatoms. The number of sulfone groups is 1. The number of pyridine rings is 1. The third-order valence-electron chi connectivity index (χ3n) is 5.57. The van der Waals surface area contributed by atoms with Crippen molar-refractivity contribution in [1.29, 1.82) is 0 Å². The first-order valence-electron chi connectivity index (χ1n) is 9.62. The fraction of sp³-hybridized carbons (Fsp3) is 0.632. The molecule has 146 valence electrons. The van der Waals surface area contributed by atoms with E-state index >= 15 is 0 Å². The van der Waals surface area contributed by atoms with Crippen LogP contribution in [0, 0.1) is 0 Å². The predicted octanol–water partition coefficient (Wildman–Crippen LogP) is 2.96. The monoisotopic (exact) mass is 389 g/mol. The SMILES string of the molecule is CC(C)(C)S(=O)(=O)c1ccc(N2CCC(c3nncn3C3CC3)CC2)cn1. The second kappa shape index (κ2) is 6.58. The molecular formula is C19H27N5O2S. The van der Waals surface area contributed by atoms with Crippen LogP contribution < -0.4 is 4.90 Å². The first kappa shape index (κ1) is 18.4. The highest BCUT2D eigenvalue weighted by atomic mass is 32.2. The molecule has 4 rings (SSSR count). The van der Waals surface area contributed by atoms with Gasteiger partial charge in [-0.2, -0.15) is 0 Å². The summed E-state index contributed by atoms with van der Waals surface area (Å²) in [7, 11) is -3.42. The van der Waals surface area contributed by atoms with Gasteiger partial charge in [0, 0.05) is 25.0 Å². The average Bonchev–Trinajstić information content (AvgIpc) is 3.38. The highest BCUT2D eigenvalue weighted by molar-refractivity contribution is 7.92. The number of nitrogens with zero attached hydrogens (tertiary/aromatic N) is 5. The van der Waals surface area contributed by atoms with Crippen LogP contribution in [-0.4, -0.2) is 46.0 Å². The van der Waals surface area contributed by atoms with Gasteiger partial charge in [-0.05, 0) is 58.6 Å². The molecule has 2 fully saturated rings. The maximum Gasteiger partial charge on any atom is 0.200 e. The van der Waals surface area contributed by atoms with Gasteiger partial charge >= 0.3 is 0 Å². The molecular weight excluding hydrogens is 362 g/mol. The van der Waals surface area contributed by atoms with Gasteiger partial charge in [0.15, 0.2) is 14.9 Å². The molecule has 1 saturated carbocycles. The van der Waals surface area contributed by atoms with E-state index in [2.05, 4.69) is 24.6 Å². The van der Waals surface area contributed by atoms with Crippen molar-refractivity contribution in [3.8, 4) is 0 Å². The van der Waals surface area contributed by atoms with E-state index in [0.29, 0.717) is 12.0 Å².